The highest BCUT2D eigenvalue weighted by atomic mass is 28.4. The van der Waals surface area contributed by atoms with Crippen LogP contribution in [0.1, 0.15) is 95.9 Å². The first-order valence-electron chi connectivity index (χ1n) is 16.0. The second kappa shape index (κ2) is 14.8. The van der Waals surface area contributed by atoms with E-state index in [0.29, 0.717) is 13.0 Å². The summed E-state index contributed by atoms with van der Waals surface area (Å²) < 4.78 is 25.9. The molecule has 0 unspecified atom stereocenters. The van der Waals surface area contributed by atoms with Gasteiger partial charge in [0.15, 0.2) is 22.4 Å². The summed E-state index contributed by atoms with van der Waals surface area (Å²) in [6.45, 7) is 35.9. The Bertz CT molecular complexity index is 814. The van der Waals surface area contributed by atoms with E-state index in [1.165, 1.54) is 0 Å². The molecular formula is C33H68O6Si2. The summed E-state index contributed by atoms with van der Waals surface area (Å²) in [6.07, 6.45) is 4.97. The molecule has 0 radical (unpaired) electrons. The topological polar surface area (TPSA) is 77.4 Å². The largest absolute Gasteiger partial charge is 0.417 e. The van der Waals surface area contributed by atoms with E-state index in [-0.39, 0.29) is 58.7 Å². The zero-order valence-electron chi connectivity index (χ0n) is 29.6. The van der Waals surface area contributed by atoms with E-state index in [0.717, 1.165) is 6.42 Å². The second-order valence-corrected chi connectivity index (χ2v) is 25.9. The molecular weight excluding hydrogens is 549 g/mol. The first-order chi connectivity index (χ1) is 18.4. The van der Waals surface area contributed by atoms with Gasteiger partial charge in [0, 0.05) is 31.0 Å². The molecule has 0 spiro atoms. The van der Waals surface area contributed by atoms with Crippen LogP contribution in [-0.2, 0) is 18.3 Å². The minimum Gasteiger partial charge on any atom is -0.417 e. The second-order valence-electron chi connectivity index (χ2n) is 16.3. The van der Waals surface area contributed by atoms with Crippen LogP contribution in [0.15, 0.2) is 12.2 Å². The van der Waals surface area contributed by atoms with Gasteiger partial charge in [-0.2, -0.15) is 0 Å². The molecule has 0 aromatic carbocycles. The van der Waals surface area contributed by atoms with Gasteiger partial charge in [0.05, 0.1) is 24.4 Å². The highest BCUT2D eigenvalue weighted by Crippen LogP contribution is 2.40. The highest BCUT2D eigenvalue weighted by molar-refractivity contribution is 6.74. The van der Waals surface area contributed by atoms with Gasteiger partial charge in [0.1, 0.15) is 0 Å². The average Bonchev–Trinajstić information content (AvgIpc) is 2.80. The molecule has 41 heavy (non-hydrogen) atoms. The van der Waals surface area contributed by atoms with Crippen molar-refractivity contribution in [3.8, 4) is 0 Å². The molecule has 1 fully saturated rings. The molecule has 244 valence electrons. The summed E-state index contributed by atoms with van der Waals surface area (Å²) in [5, 5.41) is 21.4. The number of aliphatic hydroxyl groups is 2. The van der Waals surface area contributed by atoms with Gasteiger partial charge < -0.3 is 28.5 Å². The maximum atomic E-state index is 11.6. The Kier molecular flexibility index (Phi) is 14.1. The van der Waals surface area contributed by atoms with Gasteiger partial charge in [-0.05, 0) is 68.9 Å². The third-order valence-corrected chi connectivity index (χ3v) is 19.2. The van der Waals surface area contributed by atoms with E-state index in [1.807, 2.05) is 13.8 Å². The van der Waals surface area contributed by atoms with Gasteiger partial charge in [-0.25, -0.2) is 0 Å². The molecule has 1 aliphatic heterocycles. The van der Waals surface area contributed by atoms with E-state index in [2.05, 4.69) is 108 Å². The van der Waals surface area contributed by atoms with Crippen molar-refractivity contribution < 1.29 is 28.5 Å². The molecule has 0 aromatic heterocycles. The standard InChI is InChI=1S/C33H68O6Si2/c1-23(20-22-36-40(13,14)31(5,6)7)29(35)25(3)28(39-41(15,16)32(8,9)10)18-17-24(2)30-26(4)27(19-21-34)37-33(11,12)38-30/h17-18,23-30,34-35H,19-22H2,1-16H3/b18-17-/t23-,24+,25+,26-,27+,28-,29-,30+/m1/s1. The van der Waals surface area contributed by atoms with Crippen molar-refractivity contribution in [3.63, 3.8) is 0 Å². The lowest BCUT2D eigenvalue weighted by atomic mass is 9.84. The van der Waals surface area contributed by atoms with Crippen LogP contribution in [0.2, 0.25) is 36.3 Å². The Morgan fingerprint density at radius 3 is 1.93 bits per heavy atom. The fraction of sp³-hybridized carbons (Fsp3) is 0.939. The minimum absolute atomic E-state index is 0.0493. The first kappa shape index (κ1) is 39.0. The van der Waals surface area contributed by atoms with Gasteiger partial charge in [-0.15, -0.1) is 0 Å². The quantitative estimate of drug-likeness (QED) is 0.151. The monoisotopic (exact) mass is 616 g/mol. The lowest BCUT2D eigenvalue weighted by molar-refractivity contribution is -0.325. The number of hydrogen-bond donors (Lipinski definition) is 2. The Labute approximate surface area is 256 Å². The molecule has 8 heteroatoms. The third kappa shape index (κ3) is 11.1. The lowest BCUT2D eigenvalue weighted by Crippen LogP contribution is -2.52. The summed E-state index contributed by atoms with van der Waals surface area (Å²) in [6, 6.07) is 0. The fourth-order valence-corrected chi connectivity index (χ4v) is 7.40. The summed E-state index contributed by atoms with van der Waals surface area (Å²) in [4.78, 5) is 0. The average molecular weight is 617 g/mol. The molecule has 1 aliphatic rings. The van der Waals surface area contributed by atoms with Crippen LogP contribution < -0.4 is 0 Å². The molecule has 0 aliphatic carbocycles. The molecule has 1 rings (SSSR count). The maximum absolute atomic E-state index is 11.6. The van der Waals surface area contributed by atoms with E-state index in [9.17, 15) is 10.2 Å². The summed E-state index contributed by atoms with van der Waals surface area (Å²) >= 11 is 0. The van der Waals surface area contributed by atoms with Crippen LogP contribution in [0.25, 0.3) is 0 Å². The zero-order chi connectivity index (χ0) is 32.2. The van der Waals surface area contributed by atoms with Gasteiger partial charge in [0.2, 0.25) is 0 Å². The van der Waals surface area contributed by atoms with Gasteiger partial charge >= 0.3 is 0 Å². The van der Waals surface area contributed by atoms with E-state index in [4.69, 9.17) is 18.3 Å². The Morgan fingerprint density at radius 2 is 1.44 bits per heavy atom. The Morgan fingerprint density at radius 1 is 0.902 bits per heavy atom. The molecule has 2 N–H and O–H groups in total. The van der Waals surface area contributed by atoms with Crippen molar-refractivity contribution in [1.29, 1.82) is 0 Å². The molecule has 0 aromatic rings. The van der Waals surface area contributed by atoms with Gasteiger partial charge in [-0.3, -0.25) is 0 Å². The van der Waals surface area contributed by atoms with Gasteiger partial charge in [-0.1, -0.05) is 81.4 Å². The normalized spacial score (nSPS) is 26.5. The third-order valence-electron chi connectivity index (χ3n) is 10.2. The zero-order valence-corrected chi connectivity index (χ0v) is 31.6. The van der Waals surface area contributed by atoms with Crippen LogP contribution in [-0.4, -0.2) is 70.3 Å². The van der Waals surface area contributed by atoms with Crippen molar-refractivity contribution >= 4 is 16.6 Å². The van der Waals surface area contributed by atoms with Crippen molar-refractivity contribution in [3.05, 3.63) is 12.2 Å². The number of aliphatic hydroxyl groups excluding tert-OH is 2. The molecule has 0 amide bonds. The van der Waals surface area contributed by atoms with E-state index in [1.54, 1.807) is 0 Å². The molecule has 0 saturated carbocycles. The van der Waals surface area contributed by atoms with Gasteiger partial charge in [0.25, 0.3) is 0 Å². The minimum atomic E-state index is -2.11. The smallest absolute Gasteiger partial charge is 0.192 e. The first-order valence-corrected chi connectivity index (χ1v) is 21.8. The van der Waals surface area contributed by atoms with Crippen molar-refractivity contribution in [2.24, 2.45) is 23.7 Å². The number of ether oxygens (including phenoxy) is 2. The Hall–Kier alpha value is -0.0662. The van der Waals surface area contributed by atoms with Crippen molar-refractivity contribution in [2.45, 2.75) is 162 Å². The summed E-state index contributed by atoms with van der Waals surface area (Å²) in [7, 11) is -3.94. The lowest BCUT2D eigenvalue weighted by Gasteiger charge is -2.46. The van der Waals surface area contributed by atoms with Crippen molar-refractivity contribution in [2.75, 3.05) is 13.2 Å². The predicted molar refractivity (Wildman–Crippen MR) is 177 cm³/mol. The molecule has 1 saturated heterocycles. The van der Waals surface area contributed by atoms with Crippen LogP contribution in [0.4, 0.5) is 0 Å². The van der Waals surface area contributed by atoms with Crippen LogP contribution in [0.5, 0.6) is 0 Å². The molecule has 1 heterocycles. The van der Waals surface area contributed by atoms with E-state index < -0.39 is 28.5 Å². The van der Waals surface area contributed by atoms with E-state index >= 15 is 0 Å². The number of hydrogen-bond acceptors (Lipinski definition) is 6. The number of rotatable bonds is 14. The molecule has 8 atom stereocenters. The maximum Gasteiger partial charge on any atom is 0.192 e. The van der Waals surface area contributed by atoms with Crippen molar-refractivity contribution in [1.82, 2.24) is 0 Å². The Balaban J connectivity index is 3.15. The van der Waals surface area contributed by atoms with Crippen LogP contribution in [0.3, 0.4) is 0 Å². The fourth-order valence-electron chi connectivity index (χ4n) is 5.01. The highest BCUT2D eigenvalue weighted by Gasteiger charge is 2.44. The SMILES string of the molecule is C[C@H]([C@H](O)[C@H](C)CCO[Si](C)(C)C(C)(C)C)[C@@H](/C=C\[C@H](C)[C@@H]1OC(C)(C)O[C@@H](CCO)[C@H]1C)O[Si](C)(C)C(C)(C)C. The summed E-state index contributed by atoms with van der Waals surface area (Å²) in [5.41, 5.74) is 0. The van der Waals surface area contributed by atoms with Crippen LogP contribution in [0, 0.1) is 23.7 Å². The predicted octanol–water partition coefficient (Wildman–Crippen LogP) is 8.15. The molecule has 0 bridgehead atoms. The summed E-state index contributed by atoms with van der Waals surface area (Å²) in [5.74, 6) is -0.452. The van der Waals surface area contributed by atoms with Crippen LogP contribution >= 0.6 is 0 Å². The molecule has 6 nitrogen and oxygen atoms in total.